The highest BCUT2D eigenvalue weighted by Gasteiger charge is 2.60. The van der Waals surface area contributed by atoms with Crippen molar-refractivity contribution in [2.45, 2.75) is 90.0 Å². The van der Waals surface area contributed by atoms with E-state index in [0.717, 1.165) is 24.0 Å². The van der Waals surface area contributed by atoms with Gasteiger partial charge in [-0.05, 0) is 80.3 Å². The van der Waals surface area contributed by atoms with Gasteiger partial charge < -0.3 is 24.8 Å². The molecule has 2 N–H and O–H groups in total. The van der Waals surface area contributed by atoms with Crippen LogP contribution in [0.5, 0.6) is 11.5 Å². The summed E-state index contributed by atoms with van der Waals surface area (Å²) >= 11 is 0. The fraction of sp³-hybridized carbons (Fsp3) is 0.528. The number of ether oxygens (including phenoxy) is 2. The highest BCUT2D eigenvalue weighted by molar-refractivity contribution is 6.38. The van der Waals surface area contributed by atoms with Crippen molar-refractivity contribution >= 4 is 35.0 Å². The van der Waals surface area contributed by atoms with Crippen molar-refractivity contribution in [3.63, 3.8) is 0 Å². The summed E-state index contributed by atoms with van der Waals surface area (Å²) in [5, 5.41) is 11.7. The summed E-state index contributed by atoms with van der Waals surface area (Å²) in [6.45, 7) is 5.79. The lowest BCUT2D eigenvalue weighted by Gasteiger charge is -2.36. The van der Waals surface area contributed by atoms with Gasteiger partial charge in [0.05, 0.1) is 26.7 Å². The van der Waals surface area contributed by atoms with Crippen molar-refractivity contribution in [3.05, 3.63) is 53.6 Å². The average Bonchev–Trinajstić information content (AvgIpc) is 3.81. The van der Waals surface area contributed by atoms with Crippen LogP contribution in [0.3, 0.4) is 0 Å². The van der Waals surface area contributed by atoms with E-state index < -0.39 is 40.4 Å². The molecule has 0 spiro atoms. The number of anilines is 1. The Bertz CT molecular complexity index is 1480. The molecule has 0 bridgehead atoms. The number of Topliss-reactive ketones (excluding diaryl/α,β-unsaturated/α-hetero) is 2. The smallest absolute Gasteiger partial charge is 0.303 e. The maximum atomic E-state index is 14.3. The Labute approximate surface area is 270 Å². The van der Waals surface area contributed by atoms with Crippen LogP contribution >= 0.6 is 0 Å². The number of carboxylic acid groups (broad SMARTS) is 1. The topological polar surface area (TPSA) is 139 Å². The highest BCUT2D eigenvalue weighted by atomic mass is 16.5. The molecule has 248 valence electrons. The Kier molecular flexibility index (Phi) is 10.9. The molecule has 2 amide bonds. The molecule has 0 aromatic heterocycles. The number of methoxy groups -OCH3 is 2. The summed E-state index contributed by atoms with van der Waals surface area (Å²) in [4.78, 5) is 65.9. The first-order valence-corrected chi connectivity index (χ1v) is 16.1. The molecular formula is C36H46N2O8. The number of amides is 2. The van der Waals surface area contributed by atoms with Gasteiger partial charge >= 0.3 is 5.97 Å². The third-order valence-electron chi connectivity index (χ3n) is 9.80. The SMILES string of the molecule is CCC(C)(C)C(=O)C(=O)N1CCCCC1C(=O)C1CC1(CCc1ccc(OC)c(OC)c1)c1cccc(NC(=O)CCC(=O)O)c1. The van der Waals surface area contributed by atoms with Crippen molar-refractivity contribution in [2.75, 3.05) is 26.1 Å². The molecule has 1 aliphatic carbocycles. The number of rotatable bonds is 15. The van der Waals surface area contributed by atoms with Crippen LogP contribution in [0.4, 0.5) is 5.69 Å². The Balaban J connectivity index is 1.63. The normalized spacial score (nSPS) is 20.8. The summed E-state index contributed by atoms with van der Waals surface area (Å²) in [5.74, 6) is -1.67. The van der Waals surface area contributed by atoms with Crippen molar-refractivity contribution in [3.8, 4) is 11.5 Å². The number of aryl methyl sites for hydroxylation is 1. The third-order valence-corrected chi connectivity index (χ3v) is 9.80. The number of carbonyl (C=O) groups excluding carboxylic acids is 4. The predicted octanol–water partition coefficient (Wildman–Crippen LogP) is 5.35. The number of likely N-dealkylation sites (tertiary alicyclic amines) is 1. The number of hydrogen-bond donors (Lipinski definition) is 2. The number of benzene rings is 2. The lowest BCUT2D eigenvalue weighted by molar-refractivity contribution is -0.153. The average molecular weight is 635 g/mol. The van der Waals surface area contributed by atoms with Gasteiger partial charge in [-0.1, -0.05) is 39.0 Å². The minimum atomic E-state index is -1.05. The number of nitrogens with zero attached hydrogens (tertiary/aromatic N) is 1. The summed E-state index contributed by atoms with van der Waals surface area (Å²) in [6, 6.07) is 12.5. The molecule has 1 saturated carbocycles. The van der Waals surface area contributed by atoms with E-state index >= 15 is 0 Å². The molecule has 3 atom stereocenters. The zero-order valence-corrected chi connectivity index (χ0v) is 27.5. The number of nitrogens with one attached hydrogen (secondary N) is 1. The van der Waals surface area contributed by atoms with Crippen LogP contribution in [0.1, 0.15) is 83.3 Å². The van der Waals surface area contributed by atoms with Crippen LogP contribution in [-0.2, 0) is 35.8 Å². The molecule has 4 rings (SSSR count). The Morgan fingerprint density at radius 2 is 1.74 bits per heavy atom. The fourth-order valence-electron chi connectivity index (χ4n) is 6.46. The molecule has 2 aromatic carbocycles. The zero-order valence-electron chi connectivity index (χ0n) is 27.5. The van der Waals surface area contributed by atoms with Gasteiger partial charge in [0, 0.05) is 35.4 Å². The predicted molar refractivity (Wildman–Crippen MR) is 173 cm³/mol. The van der Waals surface area contributed by atoms with Gasteiger partial charge in [-0.2, -0.15) is 0 Å². The highest BCUT2D eigenvalue weighted by Crippen LogP contribution is 2.59. The van der Waals surface area contributed by atoms with Crippen LogP contribution in [0.15, 0.2) is 42.5 Å². The monoisotopic (exact) mass is 634 g/mol. The van der Waals surface area contributed by atoms with Crippen LogP contribution in [0.25, 0.3) is 0 Å². The summed E-state index contributed by atoms with van der Waals surface area (Å²) < 4.78 is 10.9. The van der Waals surface area contributed by atoms with Crippen LogP contribution in [0.2, 0.25) is 0 Å². The first-order valence-electron chi connectivity index (χ1n) is 16.1. The summed E-state index contributed by atoms with van der Waals surface area (Å²) in [6.07, 6.45) is 4.00. The van der Waals surface area contributed by atoms with E-state index in [1.165, 1.54) is 4.90 Å². The van der Waals surface area contributed by atoms with Gasteiger partial charge in [0.1, 0.15) is 0 Å². The van der Waals surface area contributed by atoms with Crippen LogP contribution in [0, 0.1) is 11.3 Å². The number of ketones is 2. The number of carboxylic acids is 1. The first kappa shape index (κ1) is 34.7. The molecular weight excluding hydrogens is 588 g/mol. The van der Waals surface area contributed by atoms with Crippen LogP contribution in [-0.4, -0.2) is 66.2 Å². The summed E-state index contributed by atoms with van der Waals surface area (Å²) in [5.41, 5.74) is 1.07. The van der Waals surface area contributed by atoms with E-state index in [1.54, 1.807) is 34.1 Å². The van der Waals surface area contributed by atoms with Gasteiger partial charge in [0.25, 0.3) is 5.91 Å². The Morgan fingerprint density at radius 1 is 1.00 bits per heavy atom. The minimum Gasteiger partial charge on any atom is -0.493 e. The number of carbonyl (C=O) groups is 5. The second-order valence-electron chi connectivity index (χ2n) is 13.1. The molecule has 2 aromatic rings. The lowest BCUT2D eigenvalue weighted by Crippen LogP contribution is -2.53. The number of hydrogen-bond acceptors (Lipinski definition) is 7. The van der Waals surface area contributed by atoms with E-state index in [1.807, 2.05) is 43.3 Å². The Morgan fingerprint density at radius 3 is 2.41 bits per heavy atom. The largest absolute Gasteiger partial charge is 0.493 e. The van der Waals surface area contributed by atoms with Crippen LogP contribution < -0.4 is 14.8 Å². The van der Waals surface area contributed by atoms with Crippen molar-refractivity contribution in [1.82, 2.24) is 4.90 Å². The molecule has 3 unspecified atom stereocenters. The molecule has 1 aliphatic heterocycles. The first-order chi connectivity index (χ1) is 21.9. The van der Waals surface area contributed by atoms with E-state index in [-0.39, 0.29) is 24.5 Å². The zero-order chi connectivity index (χ0) is 33.6. The molecule has 2 fully saturated rings. The standard InChI is InChI=1S/C36H46N2O8/c1-6-35(2,3)33(43)34(44)38-19-8-7-12-27(38)32(42)26-22-36(26,18-17-23-13-14-28(45-4)29(20-23)46-5)24-10-9-11-25(21-24)37-30(39)15-16-31(40)41/h9-11,13-14,20-21,26-27H,6-8,12,15-19,22H2,1-5H3,(H,37,39)(H,40,41). The van der Waals surface area contributed by atoms with Gasteiger partial charge in [0.2, 0.25) is 11.7 Å². The quantitative estimate of drug-likeness (QED) is 0.250. The van der Waals surface area contributed by atoms with E-state index in [2.05, 4.69) is 5.32 Å². The number of piperidine rings is 1. The van der Waals surface area contributed by atoms with Gasteiger partial charge in [0.15, 0.2) is 17.3 Å². The van der Waals surface area contributed by atoms with Crippen molar-refractivity contribution in [2.24, 2.45) is 11.3 Å². The minimum absolute atomic E-state index is 0.0293. The van der Waals surface area contributed by atoms with Gasteiger partial charge in [-0.3, -0.25) is 24.0 Å². The van der Waals surface area contributed by atoms with Crippen molar-refractivity contribution in [1.29, 1.82) is 0 Å². The van der Waals surface area contributed by atoms with Crippen molar-refractivity contribution < 1.29 is 38.6 Å². The maximum Gasteiger partial charge on any atom is 0.303 e. The van der Waals surface area contributed by atoms with Gasteiger partial charge in [-0.15, -0.1) is 0 Å². The maximum absolute atomic E-state index is 14.3. The number of aliphatic carboxylic acids is 1. The van der Waals surface area contributed by atoms with E-state index in [9.17, 15) is 24.0 Å². The molecule has 2 aliphatic rings. The third kappa shape index (κ3) is 7.59. The summed E-state index contributed by atoms with van der Waals surface area (Å²) in [7, 11) is 3.16. The molecule has 1 heterocycles. The van der Waals surface area contributed by atoms with Gasteiger partial charge in [-0.25, -0.2) is 0 Å². The second-order valence-corrected chi connectivity index (χ2v) is 13.1. The molecule has 46 heavy (non-hydrogen) atoms. The molecule has 0 radical (unpaired) electrons. The molecule has 10 heteroatoms. The lowest BCUT2D eigenvalue weighted by atomic mass is 9.82. The fourth-order valence-corrected chi connectivity index (χ4v) is 6.46. The van der Waals surface area contributed by atoms with E-state index in [0.29, 0.717) is 55.8 Å². The second kappa shape index (κ2) is 14.5. The van der Waals surface area contributed by atoms with E-state index in [4.69, 9.17) is 14.6 Å². The Hall–Kier alpha value is -4.21. The molecule has 10 nitrogen and oxygen atoms in total. The molecule has 1 saturated heterocycles.